The second kappa shape index (κ2) is 7.45. The highest BCUT2D eigenvalue weighted by Crippen LogP contribution is 2.37. The van der Waals surface area contributed by atoms with Crippen LogP contribution in [-0.2, 0) is 27.4 Å². The lowest BCUT2D eigenvalue weighted by Gasteiger charge is -2.28. The summed E-state index contributed by atoms with van der Waals surface area (Å²) in [4.78, 5) is 0. The van der Waals surface area contributed by atoms with Crippen molar-refractivity contribution in [1.29, 1.82) is 0 Å². The van der Waals surface area contributed by atoms with Crippen LogP contribution in [0.15, 0.2) is 60.7 Å². The molecule has 24 heavy (non-hydrogen) atoms. The zero-order chi connectivity index (χ0) is 16.9. The topological polar surface area (TPSA) is 47.9 Å². The summed E-state index contributed by atoms with van der Waals surface area (Å²) in [5, 5.41) is 10.5. The molecular formula is C20H24O4. The Morgan fingerprint density at radius 3 is 2.12 bits per heavy atom. The van der Waals surface area contributed by atoms with Crippen LogP contribution in [0.3, 0.4) is 0 Å². The summed E-state index contributed by atoms with van der Waals surface area (Å²) in [5.74, 6) is -1.54. The lowest BCUT2D eigenvalue weighted by Crippen LogP contribution is -2.38. The average Bonchev–Trinajstić information content (AvgIpc) is 2.91. The minimum atomic E-state index is -1.54. The smallest absolute Gasteiger partial charge is 0.281 e. The van der Waals surface area contributed by atoms with Crippen LogP contribution in [0.2, 0.25) is 0 Å². The third-order valence-corrected chi connectivity index (χ3v) is 4.20. The molecule has 1 saturated heterocycles. The number of aliphatic hydroxyl groups is 1. The zero-order valence-electron chi connectivity index (χ0n) is 14.0. The molecule has 0 spiro atoms. The molecule has 1 fully saturated rings. The average molecular weight is 328 g/mol. The van der Waals surface area contributed by atoms with Crippen molar-refractivity contribution in [3.63, 3.8) is 0 Å². The first-order valence-corrected chi connectivity index (χ1v) is 8.29. The molecule has 1 heterocycles. The predicted octanol–water partition coefficient (Wildman–Crippen LogP) is 3.64. The standard InChI is InChI=1S/C20H24O4/c1-19(16-22-14-17-8-4-2-5-9-17)12-13-20(21,24-19)23-15-18-10-6-3-7-11-18/h2-11,21H,12-16H2,1H3. The Balaban J connectivity index is 1.47. The van der Waals surface area contributed by atoms with Crippen LogP contribution >= 0.6 is 0 Å². The first kappa shape index (κ1) is 17.1. The molecule has 0 amide bonds. The molecule has 1 aliphatic heterocycles. The Labute approximate surface area is 143 Å². The molecule has 4 heteroatoms. The molecular weight excluding hydrogens is 304 g/mol. The van der Waals surface area contributed by atoms with Crippen molar-refractivity contribution in [2.75, 3.05) is 6.61 Å². The maximum Gasteiger partial charge on any atom is 0.281 e. The van der Waals surface area contributed by atoms with E-state index in [2.05, 4.69) is 0 Å². The van der Waals surface area contributed by atoms with Gasteiger partial charge in [-0.05, 0) is 24.5 Å². The summed E-state index contributed by atoms with van der Waals surface area (Å²) >= 11 is 0. The number of ether oxygens (including phenoxy) is 3. The van der Waals surface area contributed by atoms with Crippen LogP contribution in [0, 0.1) is 0 Å². The summed E-state index contributed by atoms with van der Waals surface area (Å²) in [7, 11) is 0. The molecule has 0 aliphatic carbocycles. The maximum atomic E-state index is 10.5. The molecule has 4 nitrogen and oxygen atoms in total. The zero-order valence-corrected chi connectivity index (χ0v) is 14.0. The highest BCUT2D eigenvalue weighted by atomic mass is 16.8. The van der Waals surface area contributed by atoms with Crippen molar-refractivity contribution in [3.05, 3.63) is 71.8 Å². The van der Waals surface area contributed by atoms with E-state index < -0.39 is 11.6 Å². The first-order valence-electron chi connectivity index (χ1n) is 8.29. The van der Waals surface area contributed by atoms with Crippen LogP contribution < -0.4 is 0 Å². The molecule has 1 N–H and O–H groups in total. The number of hydrogen-bond acceptors (Lipinski definition) is 4. The summed E-state index contributed by atoms with van der Waals surface area (Å²) in [6, 6.07) is 19.8. The van der Waals surface area contributed by atoms with E-state index >= 15 is 0 Å². The van der Waals surface area contributed by atoms with Crippen molar-refractivity contribution in [1.82, 2.24) is 0 Å². The predicted molar refractivity (Wildman–Crippen MR) is 91.0 cm³/mol. The summed E-state index contributed by atoms with van der Waals surface area (Å²) < 4.78 is 17.2. The molecule has 1 aliphatic rings. The summed E-state index contributed by atoms with van der Waals surface area (Å²) in [5.41, 5.74) is 1.58. The van der Waals surface area contributed by atoms with Gasteiger partial charge in [-0.25, -0.2) is 0 Å². The molecule has 0 aromatic heterocycles. The van der Waals surface area contributed by atoms with Gasteiger partial charge in [0.1, 0.15) is 0 Å². The van der Waals surface area contributed by atoms with Gasteiger partial charge in [-0.15, -0.1) is 0 Å². The van der Waals surface area contributed by atoms with Crippen LogP contribution in [0.25, 0.3) is 0 Å². The van der Waals surface area contributed by atoms with Crippen molar-refractivity contribution >= 4 is 0 Å². The monoisotopic (exact) mass is 328 g/mol. The van der Waals surface area contributed by atoms with Gasteiger partial charge in [0.15, 0.2) is 0 Å². The number of benzene rings is 2. The largest absolute Gasteiger partial charge is 0.374 e. The van der Waals surface area contributed by atoms with Gasteiger partial charge in [-0.3, -0.25) is 0 Å². The van der Waals surface area contributed by atoms with Crippen LogP contribution in [0.4, 0.5) is 0 Å². The molecule has 0 bridgehead atoms. The highest BCUT2D eigenvalue weighted by Gasteiger charge is 2.47. The second-order valence-corrected chi connectivity index (χ2v) is 6.52. The molecule has 0 saturated carbocycles. The lowest BCUT2D eigenvalue weighted by atomic mass is 10.0. The van der Waals surface area contributed by atoms with Gasteiger partial charge in [-0.2, -0.15) is 0 Å². The van der Waals surface area contributed by atoms with E-state index in [0.717, 1.165) is 11.1 Å². The van der Waals surface area contributed by atoms with Crippen molar-refractivity contribution in [2.24, 2.45) is 0 Å². The van der Waals surface area contributed by atoms with Gasteiger partial charge in [0, 0.05) is 6.42 Å². The molecule has 3 rings (SSSR count). The fraction of sp³-hybridized carbons (Fsp3) is 0.400. The molecule has 0 radical (unpaired) electrons. The van der Waals surface area contributed by atoms with Crippen LogP contribution in [0.5, 0.6) is 0 Å². The Hall–Kier alpha value is -1.72. The fourth-order valence-electron chi connectivity index (χ4n) is 2.84. The summed E-state index contributed by atoms with van der Waals surface area (Å²) in [6.07, 6.45) is 1.12. The van der Waals surface area contributed by atoms with E-state index in [1.807, 2.05) is 67.6 Å². The van der Waals surface area contributed by atoms with Crippen molar-refractivity contribution in [3.8, 4) is 0 Å². The van der Waals surface area contributed by atoms with Gasteiger partial charge in [-0.1, -0.05) is 60.7 Å². The van der Waals surface area contributed by atoms with Gasteiger partial charge in [0.25, 0.3) is 5.97 Å². The van der Waals surface area contributed by atoms with Gasteiger partial charge in [0.05, 0.1) is 25.4 Å². The highest BCUT2D eigenvalue weighted by molar-refractivity contribution is 5.14. The van der Waals surface area contributed by atoms with E-state index in [1.54, 1.807) is 0 Å². The quantitative estimate of drug-likeness (QED) is 0.789. The third-order valence-electron chi connectivity index (χ3n) is 4.20. The third kappa shape index (κ3) is 4.65. The van der Waals surface area contributed by atoms with Gasteiger partial charge in [0.2, 0.25) is 0 Å². The molecule has 128 valence electrons. The minimum absolute atomic E-state index is 0.318. The van der Waals surface area contributed by atoms with E-state index in [-0.39, 0.29) is 0 Å². The molecule has 2 aromatic rings. The Morgan fingerprint density at radius 2 is 1.50 bits per heavy atom. The Morgan fingerprint density at radius 1 is 0.917 bits per heavy atom. The SMILES string of the molecule is CC1(COCc2ccccc2)CCC(O)(OCc2ccccc2)O1. The van der Waals surface area contributed by atoms with E-state index in [1.165, 1.54) is 0 Å². The normalized spacial score (nSPS) is 26.6. The first-order chi connectivity index (χ1) is 11.6. The van der Waals surface area contributed by atoms with E-state index in [9.17, 15) is 5.11 Å². The van der Waals surface area contributed by atoms with E-state index in [0.29, 0.717) is 32.7 Å². The fourth-order valence-corrected chi connectivity index (χ4v) is 2.84. The molecule has 2 aromatic carbocycles. The maximum absolute atomic E-state index is 10.5. The van der Waals surface area contributed by atoms with E-state index in [4.69, 9.17) is 14.2 Å². The van der Waals surface area contributed by atoms with Crippen molar-refractivity contribution in [2.45, 2.75) is 44.6 Å². The van der Waals surface area contributed by atoms with Crippen LogP contribution in [0.1, 0.15) is 30.9 Å². The number of hydrogen-bond donors (Lipinski definition) is 1. The lowest BCUT2D eigenvalue weighted by molar-refractivity contribution is -0.370. The van der Waals surface area contributed by atoms with Gasteiger partial charge >= 0.3 is 0 Å². The minimum Gasteiger partial charge on any atom is -0.374 e. The van der Waals surface area contributed by atoms with Crippen LogP contribution in [-0.4, -0.2) is 23.3 Å². The summed E-state index contributed by atoms with van der Waals surface area (Å²) in [6.45, 7) is 3.21. The molecule has 2 unspecified atom stereocenters. The molecule has 2 atom stereocenters. The Kier molecular flexibility index (Phi) is 5.31. The van der Waals surface area contributed by atoms with Crippen molar-refractivity contribution < 1.29 is 19.3 Å². The van der Waals surface area contributed by atoms with Gasteiger partial charge < -0.3 is 19.3 Å². The Bertz CT molecular complexity index is 631. The number of rotatable bonds is 7. The second-order valence-electron chi connectivity index (χ2n) is 6.52.